The predicted molar refractivity (Wildman–Crippen MR) is 73.1 cm³/mol. The molecule has 1 aliphatic rings. The highest BCUT2D eigenvalue weighted by Gasteiger charge is 2.22. The van der Waals surface area contributed by atoms with Crippen molar-refractivity contribution < 1.29 is 19.1 Å². The second kappa shape index (κ2) is 6.27. The van der Waals surface area contributed by atoms with Gasteiger partial charge < -0.3 is 19.7 Å². The molecule has 0 radical (unpaired) electrons. The summed E-state index contributed by atoms with van der Waals surface area (Å²) >= 11 is 0. The van der Waals surface area contributed by atoms with E-state index in [-0.39, 0.29) is 11.8 Å². The van der Waals surface area contributed by atoms with Crippen molar-refractivity contribution >= 4 is 11.8 Å². The second-order valence-corrected chi connectivity index (χ2v) is 4.46. The number of nitrogens with one attached hydrogen (secondary N) is 1. The largest absolute Gasteiger partial charge is 0.497 e. The van der Waals surface area contributed by atoms with Crippen LogP contribution in [0.3, 0.4) is 0 Å². The Bertz CT molecular complexity index is 516. The molecule has 1 aliphatic heterocycles. The first-order valence-corrected chi connectivity index (χ1v) is 6.43. The van der Waals surface area contributed by atoms with E-state index in [2.05, 4.69) is 5.32 Å². The summed E-state index contributed by atoms with van der Waals surface area (Å²) in [5.74, 6) is 0.937. The predicted octanol–water partition coefficient (Wildman–Crippen LogP) is 0.666. The first kappa shape index (κ1) is 14.2. The van der Waals surface area contributed by atoms with Gasteiger partial charge in [-0.2, -0.15) is 0 Å². The Kier molecular flexibility index (Phi) is 4.45. The molecule has 108 valence electrons. The third kappa shape index (κ3) is 3.01. The minimum Gasteiger partial charge on any atom is -0.497 e. The number of rotatable bonds is 3. The maximum absolute atomic E-state index is 12.5. The molecule has 1 N–H and O–H groups in total. The molecule has 0 atom stereocenters. The minimum absolute atomic E-state index is 0.0259. The van der Waals surface area contributed by atoms with E-state index in [9.17, 15) is 9.59 Å². The van der Waals surface area contributed by atoms with E-state index in [1.54, 1.807) is 30.2 Å². The maximum Gasteiger partial charge on any atom is 0.257 e. The Balaban J connectivity index is 2.21. The summed E-state index contributed by atoms with van der Waals surface area (Å²) in [5.41, 5.74) is 0.475. The lowest BCUT2D eigenvalue weighted by atomic mass is 10.1. The lowest BCUT2D eigenvalue weighted by molar-refractivity contribution is -0.120. The van der Waals surface area contributed by atoms with Crippen molar-refractivity contribution in [3.63, 3.8) is 0 Å². The third-order valence-corrected chi connectivity index (χ3v) is 3.24. The van der Waals surface area contributed by atoms with Crippen LogP contribution < -0.4 is 14.8 Å². The number of nitrogens with zero attached hydrogens (tertiary/aromatic N) is 1. The van der Waals surface area contributed by atoms with E-state index in [1.165, 1.54) is 7.11 Å². The molecule has 6 nitrogen and oxygen atoms in total. The molecule has 0 aromatic heterocycles. The van der Waals surface area contributed by atoms with Crippen LogP contribution in [-0.4, -0.2) is 50.6 Å². The highest BCUT2D eigenvalue weighted by atomic mass is 16.5. The fraction of sp³-hybridized carbons (Fsp3) is 0.429. The van der Waals surface area contributed by atoms with E-state index < -0.39 is 0 Å². The summed E-state index contributed by atoms with van der Waals surface area (Å²) in [6, 6.07) is 5.07. The maximum atomic E-state index is 12.5. The lowest BCUT2D eigenvalue weighted by Crippen LogP contribution is -2.34. The molecule has 1 heterocycles. The third-order valence-electron chi connectivity index (χ3n) is 3.24. The first-order valence-electron chi connectivity index (χ1n) is 6.43. The number of ether oxygens (including phenoxy) is 2. The molecule has 1 saturated heterocycles. The molecule has 0 unspecified atom stereocenters. The zero-order valence-electron chi connectivity index (χ0n) is 11.6. The molecule has 2 amide bonds. The van der Waals surface area contributed by atoms with Crippen molar-refractivity contribution in [2.45, 2.75) is 6.42 Å². The number of methoxy groups -OCH3 is 2. The summed E-state index contributed by atoms with van der Waals surface area (Å²) < 4.78 is 10.4. The van der Waals surface area contributed by atoms with Crippen molar-refractivity contribution in [2.24, 2.45) is 0 Å². The van der Waals surface area contributed by atoms with Crippen LogP contribution in [0.15, 0.2) is 18.2 Å². The fourth-order valence-electron chi connectivity index (χ4n) is 2.12. The van der Waals surface area contributed by atoms with Crippen LogP contribution in [-0.2, 0) is 4.79 Å². The van der Waals surface area contributed by atoms with Gasteiger partial charge in [0.15, 0.2) is 0 Å². The molecule has 20 heavy (non-hydrogen) atoms. The number of hydrogen-bond donors (Lipinski definition) is 1. The number of benzene rings is 1. The van der Waals surface area contributed by atoms with Gasteiger partial charge in [-0.05, 0) is 12.1 Å². The monoisotopic (exact) mass is 278 g/mol. The van der Waals surface area contributed by atoms with Crippen molar-refractivity contribution in [3.8, 4) is 11.5 Å². The molecule has 2 rings (SSSR count). The smallest absolute Gasteiger partial charge is 0.257 e. The number of carbonyl (C=O) groups excluding carboxylic acids is 2. The summed E-state index contributed by atoms with van der Waals surface area (Å²) in [6.45, 7) is 1.39. The molecule has 1 fully saturated rings. The van der Waals surface area contributed by atoms with Gasteiger partial charge in [-0.15, -0.1) is 0 Å². The van der Waals surface area contributed by atoms with Crippen LogP contribution in [0, 0.1) is 0 Å². The van der Waals surface area contributed by atoms with Crippen molar-refractivity contribution in [2.75, 3.05) is 33.9 Å². The summed E-state index contributed by atoms with van der Waals surface area (Å²) in [5, 5.41) is 2.74. The van der Waals surface area contributed by atoms with Crippen LogP contribution in [0.1, 0.15) is 16.8 Å². The zero-order valence-corrected chi connectivity index (χ0v) is 11.6. The van der Waals surface area contributed by atoms with E-state index in [0.29, 0.717) is 43.1 Å². The Hall–Kier alpha value is -2.24. The standard InChI is InChI=1S/C14H18N2O4/c1-19-10-3-4-11(12(9-10)20-2)14(18)16-7-5-13(17)15-6-8-16/h3-4,9H,5-8H2,1-2H3,(H,15,17). The van der Waals surface area contributed by atoms with Gasteiger partial charge in [-0.3, -0.25) is 9.59 Å². The van der Waals surface area contributed by atoms with Gasteiger partial charge in [0.2, 0.25) is 5.91 Å². The average Bonchev–Trinajstić information content (AvgIpc) is 2.70. The van der Waals surface area contributed by atoms with Gasteiger partial charge >= 0.3 is 0 Å². The highest BCUT2D eigenvalue weighted by Crippen LogP contribution is 2.25. The van der Waals surface area contributed by atoms with Gasteiger partial charge in [0.05, 0.1) is 19.8 Å². The highest BCUT2D eigenvalue weighted by molar-refractivity contribution is 5.97. The topological polar surface area (TPSA) is 67.9 Å². The Labute approximate surface area is 117 Å². The van der Waals surface area contributed by atoms with Gasteiger partial charge in [0.1, 0.15) is 11.5 Å². The molecule has 1 aromatic carbocycles. The van der Waals surface area contributed by atoms with Gasteiger partial charge in [-0.25, -0.2) is 0 Å². The molecular weight excluding hydrogens is 260 g/mol. The molecule has 0 aliphatic carbocycles. The number of carbonyl (C=O) groups is 2. The van der Waals surface area contributed by atoms with Crippen molar-refractivity contribution in [3.05, 3.63) is 23.8 Å². The van der Waals surface area contributed by atoms with Gasteiger partial charge in [-0.1, -0.05) is 0 Å². The zero-order chi connectivity index (χ0) is 14.5. The van der Waals surface area contributed by atoms with E-state index in [0.717, 1.165) is 0 Å². The minimum atomic E-state index is -0.138. The molecule has 0 bridgehead atoms. The van der Waals surface area contributed by atoms with E-state index in [4.69, 9.17) is 9.47 Å². The Morgan fingerprint density at radius 1 is 1.25 bits per heavy atom. The van der Waals surface area contributed by atoms with E-state index in [1.807, 2.05) is 0 Å². The van der Waals surface area contributed by atoms with Gasteiger partial charge in [0.25, 0.3) is 5.91 Å². The SMILES string of the molecule is COc1ccc(C(=O)N2CCNC(=O)CC2)c(OC)c1. The van der Waals surface area contributed by atoms with Crippen LogP contribution in [0.25, 0.3) is 0 Å². The first-order chi connectivity index (χ1) is 9.65. The lowest BCUT2D eigenvalue weighted by Gasteiger charge is -2.21. The van der Waals surface area contributed by atoms with Crippen molar-refractivity contribution in [1.29, 1.82) is 0 Å². The second-order valence-electron chi connectivity index (χ2n) is 4.46. The molecular formula is C14H18N2O4. The van der Waals surface area contributed by atoms with Gasteiger partial charge in [0, 0.05) is 32.1 Å². The normalized spacial score (nSPS) is 15.3. The molecule has 6 heteroatoms. The summed E-state index contributed by atoms with van der Waals surface area (Å²) in [7, 11) is 3.07. The summed E-state index contributed by atoms with van der Waals surface area (Å²) in [4.78, 5) is 25.5. The van der Waals surface area contributed by atoms with Crippen LogP contribution in [0.4, 0.5) is 0 Å². The van der Waals surface area contributed by atoms with E-state index >= 15 is 0 Å². The Morgan fingerprint density at radius 3 is 2.75 bits per heavy atom. The number of amides is 2. The van der Waals surface area contributed by atoms with Crippen molar-refractivity contribution in [1.82, 2.24) is 10.2 Å². The fourth-order valence-corrected chi connectivity index (χ4v) is 2.12. The van der Waals surface area contributed by atoms with Crippen LogP contribution in [0.5, 0.6) is 11.5 Å². The van der Waals surface area contributed by atoms with Crippen LogP contribution in [0.2, 0.25) is 0 Å². The molecule has 0 spiro atoms. The van der Waals surface area contributed by atoms with Crippen LogP contribution >= 0.6 is 0 Å². The molecule has 0 saturated carbocycles. The molecule has 1 aromatic rings. The quantitative estimate of drug-likeness (QED) is 0.882. The summed E-state index contributed by atoms with van der Waals surface area (Å²) in [6.07, 6.45) is 0.324. The Morgan fingerprint density at radius 2 is 2.05 bits per heavy atom. The number of hydrogen-bond acceptors (Lipinski definition) is 4. The average molecular weight is 278 g/mol.